The molecule has 1 unspecified atom stereocenters. The summed E-state index contributed by atoms with van der Waals surface area (Å²) in [5, 5.41) is 8.59. The van der Waals surface area contributed by atoms with Gasteiger partial charge in [0.05, 0.1) is 17.6 Å². The maximum absolute atomic E-state index is 12.5. The standard InChI is InChI=1S/C16H14F3N5O2S/c17-16(18,19)27-11-3-1-2-10(4-11)23-7-13-12(23)8-24(13)15-20-5-9(6-21-15)14(25)22-26/h1-6,12-13,26H,7-8H2,(H,22,25)/t12-,13?/m1/s1. The molecular weight excluding hydrogens is 383 g/mol. The number of rotatable bonds is 4. The number of benzene rings is 1. The van der Waals surface area contributed by atoms with Gasteiger partial charge in [-0.25, -0.2) is 15.4 Å². The average Bonchev–Trinajstić information content (AvgIpc) is 2.62. The highest BCUT2D eigenvalue weighted by Gasteiger charge is 2.52. The van der Waals surface area contributed by atoms with E-state index in [-0.39, 0.29) is 34.3 Å². The van der Waals surface area contributed by atoms with Crippen molar-refractivity contribution in [2.45, 2.75) is 22.5 Å². The summed E-state index contributed by atoms with van der Waals surface area (Å²) in [7, 11) is 0. The molecule has 2 N–H and O–H groups in total. The minimum Gasteiger partial charge on any atom is -0.362 e. The highest BCUT2D eigenvalue weighted by molar-refractivity contribution is 8.00. The summed E-state index contributed by atoms with van der Waals surface area (Å²) < 4.78 is 37.6. The van der Waals surface area contributed by atoms with Crippen molar-refractivity contribution in [3.63, 3.8) is 0 Å². The number of alkyl halides is 3. The van der Waals surface area contributed by atoms with Gasteiger partial charge in [0, 0.05) is 36.1 Å². The van der Waals surface area contributed by atoms with Crippen molar-refractivity contribution in [1.82, 2.24) is 15.4 Å². The zero-order valence-electron chi connectivity index (χ0n) is 13.7. The summed E-state index contributed by atoms with van der Waals surface area (Å²) in [4.78, 5) is 23.8. The van der Waals surface area contributed by atoms with Crippen molar-refractivity contribution in [3.8, 4) is 0 Å². The molecule has 0 bridgehead atoms. The molecule has 1 amide bonds. The first-order valence-corrected chi connectivity index (χ1v) is 8.83. The molecule has 7 nitrogen and oxygen atoms in total. The van der Waals surface area contributed by atoms with Crippen LogP contribution in [0, 0.1) is 0 Å². The lowest BCUT2D eigenvalue weighted by Gasteiger charge is -2.62. The molecule has 3 heterocycles. The number of anilines is 2. The van der Waals surface area contributed by atoms with Crippen molar-refractivity contribution in [1.29, 1.82) is 0 Å². The third kappa shape index (κ3) is 3.39. The minimum absolute atomic E-state index is 0.118. The van der Waals surface area contributed by atoms with E-state index < -0.39 is 11.4 Å². The number of amides is 1. The smallest absolute Gasteiger partial charge is 0.362 e. The Balaban J connectivity index is 1.40. The summed E-state index contributed by atoms with van der Waals surface area (Å²) in [6.45, 7) is 1.31. The fourth-order valence-electron chi connectivity index (χ4n) is 3.29. The summed E-state index contributed by atoms with van der Waals surface area (Å²) in [6, 6.07) is 6.81. The first-order valence-electron chi connectivity index (χ1n) is 8.01. The Morgan fingerprint density at radius 2 is 1.85 bits per heavy atom. The number of hydroxylamine groups is 1. The fourth-order valence-corrected chi connectivity index (χ4v) is 3.88. The highest BCUT2D eigenvalue weighted by Crippen LogP contribution is 2.42. The Morgan fingerprint density at radius 3 is 2.44 bits per heavy atom. The molecule has 2 aliphatic rings. The number of carbonyl (C=O) groups excluding carboxylic acids is 1. The van der Waals surface area contributed by atoms with Crippen LogP contribution in [0.5, 0.6) is 0 Å². The molecule has 11 heteroatoms. The average molecular weight is 397 g/mol. The van der Waals surface area contributed by atoms with Gasteiger partial charge in [0.1, 0.15) is 0 Å². The normalized spacial score (nSPS) is 21.2. The van der Waals surface area contributed by atoms with Crippen molar-refractivity contribution >= 4 is 29.3 Å². The number of fused-ring (bicyclic) bond motifs is 1. The molecule has 1 aromatic heterocycles. The van der Waals surface area contributed by atoms with Gasteiger partial charge in [-0.2, -0.15) is 13.2 Å². The van der Waals surface area contributed by atoms with Gasteiger partial charge < -0.3 is 9.80 Å². The fraction of sp³-hybridized carbons (Fsp3) is 0.312. The predicted molar refractivity (Wildman–Crippen MR) is 91.9 cm³/mol. The quantitative estimate of drug-likeness (QED) is 0.465. The van der Waals surface area contributed by atoms with Crippen LogP contribution in [0.2, 0.25) is 0 Å². The van der Waals surface area contributed by atoms with Gasteiger partial charge in [-0.05, 0) is 30.0 Å². The van der Waals surface area contributed by atoms with Gasteiger partial charge in [0.15, 0.2) is 0 Å². The molecular formula is C16H14F3N5O2S. The second-order valence-corrected chi connectivity index (χ2v) is 7.34. The van der Waals surface area contributed by atoms with Crippen LogP contribution < -0.4 is 15.3 Å². The number of hydrogen-bond donors (Lipinski definition) is 2. The van der Waals surface area contributed by atoms with E-state index in [0.29, 0.717) is 19.0 Å². The van der Waals surface area contributed by atoms with Gasteiger partial charge in [0.25, 0.3) is 5.91 Å². The number of halogens is 3. The maximum atomic E-state index is 12.5. The summed E-state index contributed by atoms with van der Waals surface area (Å²) in [6.07, 6.45) is 2.66. The van der Waals surface area contributed by atoms with E-state index in [2.05, 4.69) is 14.9 Å². The minimum atomic E-state index is -4.31. The zero-order valence-corrected chi connectivity index (χ0v) is 14.5. The molecule has 0 radical (unpaired) electrons. The van der Waals surface area contributed by atoms with Gasteiger partial charge in [-0.1, -0.05) is 6.07 Å². The van der Waals surface area contributed by atoms with E-state index in [0.717, 1.165) is 5.69 Å². The third-order valence-electron chi connectivity index (χ3n) is 4.65. The van der Waals surface area contributed by atoms with Gasteiger partial charge in [0.2, 0.25) is 5.95 Å². The number of nitrogens with zero attached hydrogens (tertiary/aromatic N) is 4. The molecule has 0 spiro atoms. The van der Waals surface area contributed by atoms with Crippen LogP contribution in [0.4, 0.5) is 24.8 Å². The van der Waals surface area contributed by atoms with Gasteiger partial charge in [-0.15, -0.1) is 0 Å². The van der Waals surface area contributed by atoms with Crippen LogP contribution in [-0.4, -0.2) is 51.8 Å². The van der Waals surface area contributed by atoms with Crippen LogP contribution >= 0.6 is 11.8 Å². The van der Waals surface area contributed by atoms with Crippen LogP contribution in [-0.2, 0) is 0 Å². The van der Waals surface area contributed by atoms with Gasteiger partial charge in [-0.3, -0.25) is 10.0 Å². The summed E-state index contributed by atoms with van der Waals surface area (Å²) >= 11 is -0.118. The van der Waals surface area contributed by atoms with E-state index in [1.165, 1.54) is 23.9 Å². The number of piperazine rings is 1. The topological polar surface area (TPSA) is 81.6 Å². The zero-order chi connectivity index (χ0) is 19.2. The van der Waals surface area contributed by atoms with Crippen LogP contribution in [0.15, 0.2) is 41.6 Å². The number of thioether (sulfide) groups is 1. The lowest BCUT2D eigenvalue weighted by Crippen LogP contribution is -2.79. The van der Waals surface area contributed by atoms with Crippen LogP contribution in [0.1, 0.15) is 10.4 Å². The van der Waals surface area contributed by atoms with E-state index >= 15 is 0 Å². The van der Waals surface area contributed by atoms with Crippen LogP contribution in [0.3, 0.4) is 0 Å². The van der Waals surface area contributed by atoms with E-state index in [4.69, 9.17) is 5.21 Å². The van der Waals surface area contributed by atoms with E-state index in [9.17, 15) is 18.0 Å². The summed E-state index contributed by atoms with van der Waals surface area (Å²) in [5.74, 6) is -0.207. The Kier molecular flexibility index (Phi) is 4.35. The molecule has 142 valence electrons. The molecule has 2 aromatic rings. The van der Waals surface area contributed by atoms with E-state index in [1.807, 2.05) is 4.90 Å². The lowest BCUT2D eigenvalue weighted by molar-refractivity contribution is -0.0328. The molecule has 0 aliphatic carbocycles. The van der Waals surface area contributed by atoms with Crippen molar-refractivity contribution in [2.24, 2.45) is 0 Å². The Labute approximate surface area is 156 Å². The van der Waals surface area contributed by atoms with Crippen LogP contribution in [0.25, 0.3) is 0 Å². The van der Waals surface area contributed by atoms with Crippen molar-refractivity contribution in [2.75, 3.05) is 22.9 Å². The number of carbonyl (C=O) groups is 1. The molecule has 4 rings (SSSR count). The first-order chi connectivity index (χ1) is 12.9. The van der Waals surface area contributed by atoms with E-state index in [1.54, 1.807) is 18.2 Å². The SMILES string of the molecule is O=C(NO)c1cnc(N2C[C@@H]3C2CN3c2cccc(SC(F)(F)F)c2)nc1. The highest BCUT2D eigenvalue weighted by atomic mass is 32.2. The largest absolute Gasteiger partial charge is 0.446 e. The first kappa shape index (κ1) is 17.9. The monoisotopic (exact) mass is 397 g/mol. The molecule has 2 fully saturated rings. The predicted octanol–water partition coefficient (Wildman–Crippen LogP) is 2.28. The number of hydrogen-bond acceptors (Lipinski definition) is 7. The molecule has 2 atom stereocenters. The molecule has 27 heavy (non-hydrogen) atoms. The van der Waals surface area contributed by atoms with Gasteiger partial charge >= 0.3 is 5.51 Å². The molecule has 2 saturated heterocycles. The lowest BCUT2D eigenvalue weighted by atomic mass is 9.85. The Bertz CT molecular complexity index is 864. The molecule has 1 aromatic carbocycles. The molecule has 0 saturated carbocycles. The Morgan fingerprint density at radius 1 is 1.19 bits per heavy atom. The summed E-state index contributed by atoms with van der Waals surface area (Å²) in [5.41, 5.74) is -1.88. The number of aromatic nitrogens is 2. The second-order valence-electron chi connectivity index (χ2n) is 6.20. The number of nitrogens with one attached hydrogen (secondary N) is 1. The van der Waals surface area contributed by atoms with Crippen molar-refractivity contribution in [3.05, 3.63) is 42.2 Å². The maximum Gasteiger partial charge on any atom is 0.446 e. The second kappa shape index (κ2) is 6.57. The third-order valence-corrected chi connectivity index (χ3v) is 5.38. The Hall–Kier alpha value is -2.53. The molecule has 2 aliphatic heterocycles. The van der Waals surface area contributed by atoms with Crippen molar-refractivity contribution < 1.29 is 23.2 Å².